The number of hydrogen-bond donors (Lipinski definition) is 1. The molecule has 1 atom stereocenters. The minimum atomic E-state index is -0.136. The van der Waals surface area contributed by atoms with E-state index in [1.807, 2.05) is 0 Å². The average molecular weight is 340 g/mol. The van der Waals surface area contributed by atoms with Gasteiger partial charge < -0.3 is 10.6 Å². The number of carbonyl (C=O) groups excluding carboxylic acids is 1. The first-order chi connectivity index (χ1) is 8.82. The second-order valence-electron chi connectivity index (χ2n) is 5.05. The maximum Gasteiger partial charge on any atom is 0.255 e. The van der Waals surface area contributed by atoms with E-state index in [9.17, 15) is 4.79 Å². The highest BCUT2D eigenvalue weighted by Crippen LogP contribution is 2.22. The van der Waals surface area contributed by atoms with E-state index in [1.165, 1.54) is 0 Å². The molecule has 0 saturated carbocycles. The zero-order valence-corrected chi connectivity index (χ0v) is 14.2. The summed E-state index contributed by atoms with van der Waals surface area (Å²) in [7, 11) is 1.74. The van der Waals surface area contributed by atoms with Gasteiger partial charge in [0.1, 0.15) is 0 Å². The van der Waals surface area contributed by atoms with Crippen molar-refractivity contribution in [2.45, 2.75) is 26.3 Å². The Morgan fingerprint density at radius 3 is 2.50 bits per heavy atom. The van der Waals surface area contributed by atoms with Gasteiger partial charge in [-0.25, -0.2) is 0 Å². The first-order valence-corrected chi connectivity index (χ1v) is 7.04. The molecule has 2 N–H and O–H groups in total. The molecule has 0 aliphatic heterocycles. The van der Waals surface area contributed by atoms with Crippen molar-refractivity contribution in [3.63, 3.8) is 0 Å². The van der Waals surface area contributed by atoms with Crippen LogP contribution >= 0.6 is 35.6 Å². The summed E-state index contributed by atoms with van der Waals surface area (Å²) in [5.74, 6) is 0.265. The molecule has 6 heteroatoms. The van der Waals surface area contributed by atoms with Crippen molar-refractivity contribution in [1.29, 1.82) is 0 Å². The third kappa shape index (κ3) is 5.49. The molecule has 20 heavy (non-hydrogen) atoms. The van der Waals surface area contributed by atoms with E-state index < -0.39 is 0 Å². The highest BCUT2D eigenvalue weighted by molar-refractivity contribution is 6.35. The van der Waals surface area contributed by atoms with Crippen LogP contribution in [-0.4, -0.2) is 30.4 Å². The van der Waals surface area contributed by atoms with Crippen molar-refractivity contribution in [2.75, 3.05) is 13.6 Å². The normalized spacial score (nSPS) is 11.9. The SMILES string of the molecule is CC(C)C(N)CCN(C)C(=O)c1cc(Cl)ccc1Cl.Cl. The Labute approximate surface area is 136 Å². The number of nitrogens with two attached hydrogens (primary N) is 1. The smallest absolute Gasteiger partial charge is 0.255 e. The molecule has 1 rings (SSSR count). The third-order valence-electron chi connectivity index (χ3n) is 3.16. The van der Waals surface area contributed by atoms with Gasteiger partial charge in [0.05, 0.1) is 10.6 Å². The molecule has 3 nitrogen and oxygen atoms in total. The molecule has 0 spiro atoms. The van der Waals surface area contributed by atoms with Gasteiger partial charge in [-0.1, -0.05) is 37.0 Å². The van der Waals surface area contributed by atoms with Crippen LogP contribution in [0.4, 0.5) is 0 Å². The molecule has 114 valence electrons. The predicted molar refractivity (Wildman–Crippen MR) is 88.1 cm³/mol. The fraction of sp³-hybridized carbons (Fsp3) is 0.500. The molecule has 0 radical (unpaired) electrons. The molecule has 0 bridgehead atoms. The summed E-state index contributed by atoms with van der Waals surface area (Å²) in [6.45, 7) is 4.74. The van der Waals surface area contributed by atoms with Crippen molar-refractivity contribution < 1.29 is 4.79 Å². The number of halogens is 3. The fourth-order valence-corrected chi connectivity index (χ4v) is 2.02. The van der Waals surface area contributed by atoms with Crippen LogP contribution in [0.3, 0.4) is 0 Å². The number of nitrogens with zero attached hydrogens (tertiary/aromatic N) is 1. The maximum absolute atomic E-state index is 12.2. The second kappa shape index (κ2) is 8.73. The standard InChI is InChI=1S/C14H20Cl2N2O.ClH/c1-9(2)13(17)6-7-18(3)14(19)11-8-10(15)4-5-12(11)16;/h4-5,8-9,13H,6-7,17H2,1-3H3;1H. The first kappa shape index (κ1) is 19.5. The Morgan fingerprint density at radius 2 is 1.95 bits per heavy atom. The molecule has 0 aliphatic rings. The molecular weight excluding hydrogens is 319 g/mol. The lowest BCUT2D eigenvalue weighted by molar-refractivity contribution is 0.0789. The summed E-state index contributed by atoms with van der Waals surface area (Å²) in [5, 5.41) is 0.912. The van der Waals surface area contributed by atoms with Gasteiger partial charge in [0.15, 0.2) is 0 Å². The lowest BCUT2D eigenvalue weighted by Crippen LogP contribution is -2.34. The van der Waals surface area contributed by atoms with Gasteiger partial charge in [-0.15, -0.1) is 12.4 Å². The van der Waals surface area contributed by atoms with Crippen molar-refractivity contribution in [2.24, 2.45) is 11.7 Å². The topological polar surface area (TPSA) is 46.3 Å². The average Bonchev–Trinajstić information content (AvgIpc) is 2.37. The number of carbonyl (C=O) groups is 1. The van der Waals surface area contributed by atoms with Crippen LogP contribution in [0.5, 0.6) is 0 Å². The molecule has 0 aliphatic carbocycles. The van der Waals surface area contributed by atoms with Crippen molar-refractivity contribution in [3.8, 4) is 0 Å². The Kier molecular flexibility index (Phi) is 8.52. The van der Waals surface area contributed by atoms with Gasteiger partial charge in [0.25, 0.3) is 5.91 Å². The van der Waals surface area contributed by atoms with E-state index in [1.54, 1.807) is 30.1 Å². The Balaban J connectivity index is 0.00000361. The van der Waals surface area contributed by atoms with Gasteiger partial charge >= 0.3 is 0 Å². The van der Waals surface area contributed by atoms with E-state index in [2.05, 4.69) is 13.8 Å². The van der Waals surface area contributed by atoms with E-state index >= 15 is 0 Å². The molecule has 0 heterocycles. The van der Waals surface area contributed by atoms with Crippen molar-refractivity contribution in [1.82, 2.24) is 4.90 Å². The molecule has 1 unspecified atom stereocenters. The highest BCUT2D eigenvalue weighted by atomic mass is 35.5. The summed E-state index contributed by atoms with van der Waals surface area (Å²) in [4.78, 5) is 13.9. The summed E-state index contributed by atoms with van der Waals surface area (Å²) in [6, 6.07) is 4.97. The summed E-state index contributed by atoms with van der Waals surface area (Å²) >= 11 is 11.9. The van der Waals surface area contributed by atoms with Crippen LogP contribution in [0.1, 0.15) is 30.6 Å². The zero-order chi connectivity index (χ0) is 14.6. The number of amides is 1. The van der Waals surface area contributed by atoms with Crippen LogP contribution in [-0.2, 0) is 0 Å². The van der Waals surface area contributed by atoms with Gasteiger partial charge in [0.2, 0.25) is 0 Å². The second-order valence-corrected chi connectivity index (χ2v) is 5.89. The minimum absolute atomic E-state index is 0. The third-order valence-corrected chi connectivity index (χ3v) is 3.72. The van der Waals surface area contributed by atoms with Crippen molar-refractivity contribution in [3.05, 3.63) is 33.8 Å². The van der Waals surface area contributed by atoms with Crippen LogP contribution in [0.2, 0.25) is 10.0 Å². The van der Waals surface area contributed by atoms with Gasteiger partial charge in [-0.3, -0.25) is 4.79 Å². The molecule has 1 aromatic carbocycles. The van der Waals surface area contributed by atoms with Crippen LogP contribution in [0, 0.1) is 5.92 Å². The van der Waals surface area contributed by atoms with E-state index in [-0.39, 0.29) is 24.4 Å². The highest BCUT2D eigenvalue weighted by Gasteiger charge is 2.17. The first-order valence-electron chi connectivity index (χ1n) is 6.29. The molecule has 0 aromatic heterocycles. The van der Waals surface area contributed by atoms with Crippen LogP contribution < -0.4 is 5.73 Å². The number of hydrogen-bond acceptors (Lipinski definition) is 2. The quantitative estimate of drug-likeness (QED) is 0.885. The number of benzene rings is 1. The maximum atomic E-state index is 12.2. The van der Waals surface area contributed by atoms with Crippen LogP contribution in [0.25, 0.3) is 0 Å². The minimum Gasteiger partial charge on any atom is -0.342 e. The molecule has 0 fully saturated rings. The molecular formula is C14H21Cl3N2O. The van der Waals surface area contributed by atoms with Gasteiger partial charge in [0, 0.05) is 24.7 Å². The van der Waals surface area contributed by atoms with Crippen molar-refractivity contribution >= 4 is 41.5 Å². The summed E-state index contributed by atoms with van der Waals surface area (Å²) in [6.07, 6.45) is 0.762. The van der Waals surface area contributed by atoms with Gasteiger partial charge in [-0.05, 0) is 30.5 Å². The Hall–Kier alpha value is -0.480. The zero-order valence-electron chi connectivity index (χ0n) is 11.9. The molecule has 1 aromatic rings. The Morgan fingerprint density at radius 1 is 1.35 bits per heavy atom. The van der Waals surface area contributed by atoms with E-state index in [0.717, 1.165) is 6.42 Å². The largest absolute Gasteiger partial charge is 0.342 e. The Bertz CT molecular complexity index is 452. The molecule has 1 amide bonds. The number of rotatable bonds is 5. The lowest BCUT2D eigenvalue weighted by Gasteiger charge is -2.22. The summed E-state index contributed by atoms with van der Waals surface area (Å²) < 4.78 is 0. The lowest BCUT2D eigenvalue weighted by atomic mass is 10.0. The van der Waals surface area contributed by atoms with E-state index in [4.69, 9.17) is 28.9 Å². The predicted octanol–water partition coefficient (Wildman–Crippen LogP) is 3.86. The monoisotopic (exact) mass is 338 g/mol. The van der Waals surface area contributed by atoms with Crippen LogP contribution in [0.15, 0.2) is 18.2 Å². The van der Waals surface area contributed by atoms with E-state index in [0.29, 0.717) is 28.1 Å². The fourth-order valence-electron chi connectivity index (χ4n) is 1.64. The van der Waals surface area contributed by atoms with Gasteiger partial charge in [-0.2, -0.15) is 0 Å². The molecule has 0 saturated heterocycles. The summed E-state index contributed by atoms with van der Waals surface area (Å²) in [5.41, 5.74) is 6.40.